The fraction of sp³-hybridized carbons (Fsp3) is 0.667. The number of halogens is 1. The van der Waals surface area contributed by atoms with Crippen LogP contribution in [0.4, 0.5) is 4.39 Å². The second-order valence-electron chi connectivity index (χ2n) is 7.73. The van der Waals surface area contributed by atoms with Crippen molar-refractivity contribution in [1.29, 1.82) is 0 Å². The summed E-state index contributed by atoms with van der Waals surface area (Å²) in [6.45, 7) is 4.99. The Morgan fingerprint density at radius 1 is 1.19 bits per heavy atom. The van der Waals surface area contributed by atoms with Crippen LogP contribution in [0.25, 0.3) is 0 Å². The van der Waals surface area contributed by atoms with E-state index in [1.54, 1.807) is 19.2 Å². The van der Waals surface area contributed by atoms with Crippen LogP contribution in [0.1, 0.15) is 45.4 Å². The maximum atomic E-state index is 13.0. The molecular weight excluding hydrogens is 343 g/mol. The Morgan fingerprint density at radius 2 is 1.85 bits per heavy atom. The molecule has 1 unspecified atom stereocenters. The van der Waals surface area contributed by atoms with Gasteiger partial charge in [-0.2, -0.15) is 0 Å². The summed E-state index contributed by atoms with van der Waals surface area (Å²) in [4.78, 5) is 7.03. The standard InChI is InChI=1S/C21H33FN4O/c1-16(27-20-9-7-17(22)8-10-20)15-24-21(23-2)25-18-11-13-26(14-12-18)19-5-3-4-6-19/h7-10,16,18-19H,3-6,11-15H2,1-2H3,(H2,23,24,25). The maximum absolute atomic E-state index is 13.0. The van der Waals surface area contributed by atoms with E-state index in [-0.39, 0.29) is 11.9 Å². The molecule has 0 spiro atoms. The average molecular weight is 377 g/mol. The summed E-state index contributed by atoms with van der Waals surface area (Å²) < 4.78 is 18.8. The zero-order chi connectivity index (χ0) is 19.1. The van der Waals surface area contributed by atoms with Crippen molar-refractivity contribution in [3.63, 3.8) is 0 Å². The first-order valence-electron chi connectivity index (χ1n) is 10.3. The van der Waals surface area contributed by atoms with E-state index in [0.29, 0.717) is 18.3 Å². The third-order valence-electron chi connectivity index (χ3n) is 5.64. The number of hydrogen-bond acceptors (Lipinski definition) is 3. The highest BCUT2D eigenvalue weighted by Crippen LogP contribution is 2.26. The minimum Gasteiger partial charge on any atom is -0.489 e. The SMILES string of the molecule is CN=C(NCC(C)Oc1ccc(F)cc1)NC1CCN(C2CCCC2)CC1. The summed E-state index contributed by atoms with van der Waals surface area (Å²) in [5.74, 6) is 1.24. The lowest BCUT2D eigenvalue weighted by molar-refractivity contribution is 0.150. The van der Waals surface area contributed by atoms with Gasteiger partial charge in [-0.15, -0.1) is 0 Å². The molecule has 0 amide bonds. The van der Waals surface area contributed by atoms with Crippen molar-refractivity contribution in [2.75, 3.05) is 26.7 Å². The average Bonchev–Trinajstić information content (AvgIpc) is 3.22. The van der Waals surface area contributed by atoms with Crippen LogP contribution in [-0.2, 0) is 0 Å². The number of hydrogen-bond donors (Lipinski definition) is 2. The van der Waals surface area contributed by atoms with E-state index in [2.05, 4.69) is 20.5 Å². The molecule has 3 rings (SSSR count). The summed E-state index contributed by atoms with van der Waals surface area (Å²) in [5, 5.41) is 6.89. The number of nitrogens with one attached hydrogen (secondary N) is 2. The van der Waals surface area contributed by atoms with Gasteiger partial charge < -0.3 is 20.3 Å². The van der Waals surface area contributed by atoms with Gasteiger partial charge in [-0.1, -0.05) is 12.8 Å². The third kappa shape index (κ3) is 6.09. The molecule has 1 saturated heterocycles. The molecular formula is C21H33FN4O. The maximum Gasteiger partial charge on any atom is 0.191 e. The lowest BCUT2D eigenvalue weighted by atomic mass is 10.0. The summed E-state index contributed by atoms with van der Waals surface area (Å²) >= 11 is 0. The van der Waals surface area contributed by atoms with Gasteiger partial charge in [0, 0.05) is 32.2 Å². The highest BCUT2D eigenvalue weighted by atomic mass is 19.1. The summed E-state index contributed by atoms with van der Waals surface area (Å²) in [6.07, 6.45) is 7.85. The Labute approximate surface area is 162 Å². The van der Waals surface area contributed by atoms with E-state index < -0.39 is 0 Å². The van der Waals surface area contributed by atoms with Gasteiger partial charge >= 0.3 is 0 Å². The number of aliphatic imine (C=N–C) groups is 1. The van der Waals surface area contributed by atoms with E-state index in [0.717, 1.165) is 12.0 Å². The Hall–Kier alpha value is -1.82. The Morgan fingerprint density at radius 3 is 2.48 bits per heavy atom. The molecule has 0 bridgehead atoms. The van der Waals surface area contributed by atoms with Gasteiger partial charge in [0.2, 0.25) is 0 Å². The Balaban J connectivity index is 1.37. The van der Waals surface area contributed by atoms with Crippen LogP contribution in [0.3, 0.4) is 0 Å². The lowest BCUT2D eigenvalue weighted by Crippen LogP contribution is -2.51. The van der Waals surface area contributed by atoms with Crippen LogP contribution in [0.2, 0.25) is 0 Å². The van der Waals surface area contributed by atoms with Crippen LogP contribution in [0.15, 0.2) is 29.3 Å². The summed E-state index contributed by atoms with van der Waals surface area (Å²) in [6, 6.07) is 7.42. The molecule has 1 aromatic rings. The van der Waals surface area contributed by atoms with Crippen molar-refractivity contribution in [3.8, 4) is 5.75 Å². The first kappa shape index (κ1) is 19.9. The van der Waals surface area contributed by atoms with Crippen molar-refractivity contribution in [1.82, 2.24) is 15.5 Å². The lowest BCUT2D eigenvalue weighted by Gasteiger charge is -2.36. The smallest absolute Gasteiger partial charge is 0.191 e. The van der Waals surface area contributed by atoms with Gasteiger partial charge in [-0.3, -0.25) is 4.99 Å². The minimum atomic E-state index is -0.253. The zero-order valence-corrected chi connectivity index (χ0v) is 16.6. The highest BCUT2D eigenvalue weighted by molar-refractivity contribution is 5.80. The van der Waals surface area contributed by atoms with Crippen LogP contribution in [0, 0.1) is 5.82 Å². The number of likely N-dealkylation sites (tertiary alicyclic amines) is 1. The second kappa shape index (κ2) is 9.93. The van der Waals surface area contributed by atoms with Gasteiger partial charge in [-0.25, -0.2) is 4.39 Å². The van der Waals surface area contributed by atoms with Crippen LogP contribution < -0.4 is 15.4 Å². The molecule has 1 aromatic carbocycles. The number of nitrogens with zero attached hydrogens (tertiary/aromatic N) is 2. The Kier molecular flexibility index (Phi) is 7.33. The fourth-order valence-electron chi connectivity index (χ4n) is 4.09. The molecule has 6 heteroatoms. The second-order valence-corrected chi connectivity index (χ2v) is 7.73. The number of rotatable bonds is 6. The predicted octanol–water partition coefficient (Wildman–Crippen LogP) is 3.17. The summed E-state index contributed by atoms with van der Waals surface area (Å²) in [7, 11) is 1.80. The quantitative estimate of drug-likeness (QED) is 0.591. The van der Waals surface area contributed by atoms with E-state index in [1.807, 2.05) is 6.92 Å². The highest BCUT2D eigenvalue weighted by Gasteiger charge is 2.27. The van der Waals surface area contributed by atoms with Gasteiger partial charge in [0.1, 0.15) is 17.7 Å². The molecule has 1 aliphatic carbocycles. The van der Waals surface area contributed by atoms with E-state index in [4.69, 9.17) is 4.74 Å². The fourth-order valence-corrected chi connectivity index (χ4v) is 4.09. The topological polar surface area (TPSA) is 48.9 Å². The van der Waals surface area contributed by atoms with Gasteiger partial charge in [0.05, 0.1) is 6.54 Å². The Bertz CT molecular complexity index is 593. The molecule has 1 heterocycles. The third-order valence-corrected chi connectivity index (χ3v) is 5.64. The van der Waals surface area contributed by atoms with Crippen molar-refractivity contribution >= 4 is 5.96 Å². The molecule has 5 nitrogen and oxygen atoms in total. The first-order valence-corrected chi connectivity index (χ1v) is 10.3. The number of guanidine groups is 1. The van der Waals surface area contributed by atoms with Crippen molar-refractivity contribution in [2.45, 2.75) is 63.6 Å². The normalized spacial score (nSPS) is 21.2. The molecule has 0 radical (unpaired) electrons. The van der Waals surface area contributed by atoms with Crippen molar-refractivity contribution in [3.05, 3.63) is 30.1 Å². The van der Waals surface area contributed by atoms with Gasteiger partial charge in [-0.05, 0) is 56.9 Å². The van der Waals surface area contributed by atoms with Crippen LogP contribution in [0.5, 0.6) is 5.75 Å². The molecule has 1 saturated carbocycles. The largest absolute Gasteiger partial charge is 0.489 e. The van der Waals surface area contributed by atoms with E-state index in [9.17, 15) is 4.39 Å². The van der Waals surface area contributed by atoms with Gasteiger partial charge in [0.15, 0.2) is 5.96 Å². The molecule has 1 aliphatic heterocycles. The molecule has 150 valence electrons. The van der Waals surface area contributed by atoms with Crippen molar-refractivity contribution in [2.24, 2.45) is 4.99 Å². The molecule has 2 fully saturated rings. The minimum absolute atomic E-state index is 0.0433. The zero-order valence-electron chi connectivity index (χ0n) is 16.6. The van der Waals surface area contributed by atoms with Crippen LogP contribution in [-0.4, -0.2) is 55.7 Å². The number of benzene rings is 1. The number of piperidine rings is 1. The van der Waals surface area contributed by atoms with Crippen LogP contribution >= 0.6 is 0 Å². The van der Waals surface area contributed by atoms with Crippen molar-refractivity contribution < 1.29 is 9.13 Å². The molecule has 27 heavy (non-hydrogen) atoms. The monoisotopic (exact) mass is 376 g/mol. The van der Waals surface area contributed by atoms with E-state index in [1.165, 1.54) is 63.7 Å². The first-order chi connectivity index (χ1) is 13.1. The van der Waals surface area contributed by atoms with Gasteiger partial charge in [0.25, 0.3) is 0 Å². The van der Waals surface area contributed by atoms with E-state index >= 15 is 0 Å². The molecule has 1 atom stereocenters. The predicted molar refractivity (Wildman–Crippen MR) is 108 cm³/mol. The summed E-state index contributed by atoms with van der Waals surface area (Å²) in [5.41, 5.74) is 0. The molecule has 0 aromatic heterocycles. The number of ether oxygens (including phenoxy) is 1. The molecule has 2 N–H and O–H groups in total. The molecule has 2 aliphatic rings.